The minimum atomic E-state index is -0.507. The van der Waals surface area contributed by atoms with E-state index < -0.39 is 5.97 Å². The molecule has 0 radical (unpaired) electrons. The van der Waals surface area contributed by atoms with Gasteiger partial charge in [0.1, 0.15) is 0 Å². The van der Waals surface area contributed by atoms with E-state index >= 15 is 0 Å². The van der Waals surface area contributed by atoms with E-state index in [1.54, 1.807) is 12.1 Å². The molecule has 4 rings (SSSR count). The lowest BCUT2D eigenvalue weighted by molar-refractivity contribution is 0.0596. The number of fused-ring (bicyclic) bond motifs is 2. The van der Waals surface area contributed by atoms with Crippen LogP contribution in [0.1, 0.15) is 32.7 Å². The highest BCUT2D eigenvalue weighted by Gasteiger charge is 2.38. The van der Waals surface area contributed by atoms with Crippen molar-refractivity contribution in [3.63, 3.8) is 0 Å². The van der Waals surface area contributed by atoms with Gasteiger partial charge < -0.3 is 4.74 Å². The smallest absolute Gasteiger partial charge is 0.338 e. The van der Waals surface area contributed by atoms with Crippen molar-refractivity contribution < 1.29 is 14.3 Å². The number of methoxy groups -OCH3 is 1. The number of piperidine rings is 1. The van der Waals surface area contributed by atoms with Gasteiger partial charge in [-0.05, 0) is 46.6 Å². The average molecular weight is 427 g/mol. The largest absolute Gasteiger partial charge is 0.465 e. The Balaban J connectivity index is 1.68. The number of Topliss-reactive ketones (excluding diaryl/α,β-unsaturated/α-hetero) is 1. The summed E-state index contributed by atoms with van der Waals surface area (Å²) in [5, 5.41) is 0. The normalized spacial score (nSPS) is 19.1. The lowest BCUT2D eigenvalue weighted by Crippen LogP contribution is -2.44. The molecule has 0 amide bonds. The first-order chi connectivity index (χ1) is 13.1. The maximum absolute atomic E-state index is 13.2. The van der Waals surface area contributed by atoms with Crippen LogP contribution in [0, 0.1) is 5.92 Å². The van der Waals surface area contributed by atoms with Crippen LogP contribution in [-0.2, 0) is 11.3 Å². The zero-order valence-corrected chi connectivity index (χ0v) is 16.5. The number of nitrogens with zero attached hydrogens (tertiary/aromatic N) is 2. The summed E-state index contributed by atoms with van der Waals surface area (Å²) in [5.41, 5.74) is 3.32. The minimum absolute atomic E-state index is 0.0314. The Kier molecular flexibility index (Phi) is 4.93. The molecule has 2 aromatic carbocycles. The fourth-order valence-corrected chi connectivity index (χ4v) is 4.21. The summed E-state index contributed by atoms with van der Waals surface area (Å²) in [6, 6.07) is 13.7. The summed E-state index contributed by atoms with van der Waals surface area (Å²) in [6.45, 7) is 2.30. The van der Waals surface area contributed by atoms with Crippen molar-refractivity contribution in [3.8, 4) is 0 Å². The second-order valence-electron chi connectivity index (χ2n) is 6.82. The van der Waals surface area contributed by atoms with E-state index in [0.717, 1.165) is 18.8 Å². The fraction of sp³-hybridized carbons (Fsp3) is 0.286. The van der Waals surface area contributed by atoms with Gasteiger partial charge in [0.05, 0.1) is 29.8 Å². The maximum Gasteiger partial charge on any atom is 0.338 e. The number of likely N-dealkylation sites (tertiary alicyclic amines) is 1. The Hall–Kier alpha value is -2.31. The van der Waals surface area contributed by atoms with Crippen LogP contribution in [-0.4, -0.2) is 42.6 Å². The number of aliphatic imine (C=N–C) groups is 1. The molecule has 27 heavy (non-hydrogen) atoms. The molecule has 2 aliphatic heterocycles. The fourth-order valence-electron chi connectivity index (χ4n) is 3.79. The molecule has 0 aromatic heterocycles. The average Bonchev–Trinajstić information content (AvgIpc) is 2.69. The highest BCUT2D eigenvalue weighted by molar-refractivity contribution is 9.10. The van der Waals surface area contributed by atoms with Crippen LogP contribution in [0.4, 0.5) is 5.69 Å². The van der Waals surface area contributed by atoms with E-state index in [0.29, 0.717) is 28.7 Å². The quantitative estimate of drug-likeness (QED) is 0.695. The van der Waals surface area contributed by atoms with Crippen LogP contribution in [0.5, 0.6) is 0 Å². The topological polar surface area (TPSA) is 59.0 Å². The highest BCUT2D eigenvalue weighted by atomic mass is 79.9. The number of rotatable bonds is 3. The molecule has 2 heterocycles. The van der Waals surface area contributed by atoms with Crippen molar-refractivity contribution in [1.82, 2.24) is 4.90 Å². The number of carbonyl (C=O) groups excluding carboxylic acids is 2. The number of hydrogen-bond donors (Lipinski definition) is 0. The predicted molar refractivity (Wildman–Crippen MR) is 107 cm³/mol. The van der Waals surface area contributed by atoms with Gasteiger partial charge in [0, 0.05) is 23.3 Å². The van der Waals surface area contributed by atoms with Gasteiger partial charge in [0.15, 0.2) is 5.78 Å². The van der Waals surface area contributed by atoms with Crippen LogP contribution >= 0.6 is 15.9 Å². The van der Waals surface area contributed by atoms with Crippen LogP contribution in [0.15, 0.2) is 51.9 Å². The van der Waals surface area contributed by atoms with Crippen LogP contribution in [0.3, 0.4) is 0 Å². The Labute approximate surface area is 166 Å². The molecule has 0 bridgehead atoms. The van der Waals surface area contributed by atoms with Crippen molar-refractivity contribution in [3.05, 3.63) is 63.6 Å². The monoisotopic (exact) mass is 426 g/mol. The third-order valence-corrected chi connectivity index (χ3v) is 5.76. The zero-order valence-electron chi connectivity index (χ0n) is 14.9. The summed E-state index contributed by atoms with van der Waals surface area (Å²) in [7, 11) is 1.32. The number of halogens is 1. The number of benzene rings is 2. The number of esters is 1. The van der Waals surface area contributed by atoms with Crippen molar-refractivity contribution in [1.29, 1.82) is 0 Å². The van der Waals surface area contributed by atoms with Gasteiger partial charge in [-0.1, -0.05) is 30.3 Å². The first-order valence-electron chi connectivity index (χ1n) is 8.87. The second-order valence-corrected chi connectivity index (χ2v) is 7.67. The molecule has 1 atom stereocenters. The van der Waals surface area contributed by atoms with E-state index in [4.69, 9.17) is 9.73 Å². The standard InChI is InChI=1S/C21H19BrN2O3/c1-27-21(26)15-7-8-16(22)19-18(15)20(25)14-9-10-24(12-17(14)23-19)11-13-5-3-2-4-6-13/h2-8,14H,9-12H2,1H3. The molecule has 138 valence electrons. The first-order valence-corrected chi connectivity index (χ1v) is 9.66. The lowest BCUT2D eigenvalue weighted by atomic mass is 9.82. The highest BCUT2D eigenvalue weighted by Crippen LogP contribution is 2.39. The minimum Gasteiger partial charge on any atom is -0.465 e. The SMILES string of the molecule is COC(=O)c1ccc(Br)c2c1C(=O)C1CCN(Cc3ccccc3)CC1=N2. The summed E-state index contributed by atoms with van der Waals surface area (Å²) in [5.74, 6) is -0.800. The third kappa shape index (κ3) is 3.35. The van der Waals surface area contributed by atoms with Gasteiger partial charge in [-0.3, -0.25) is 14.7 Å². The van der Waals surface area contributed by atoms with Gasteiger partial charge in [-0.15, -0.1) is 0 Å². The molecule has 2 aliphatic rings. The van der Waals surface area contributed by atoms with Crippen molar-refractivity contribution in [2.45, 2.75) is 13.0 Å². The third-order valence-electron chi connectivity index (χ3n) is 5.12. The Morgan fingerprint density at radius 2 is 2.04 bits per heavy atom. The van der Waals surface area contributed by atoms with Crippen LogP contribution in [0.25, 0.3) is 0 Å². The van der Waals surface area contributed by atoms with E-state index in [1.807, 2.05) is 18.2 Å². The molecule has 2 aromatic rings. The molecule has 6 heteroatoms. The zero-order chi connectivity index (χ0) is 19.0. The van der Waals surface area contributed by atoms with Crippen molar-refractivity contribution in [2.24, 2.45) is 10.9 Å². The number of ether oxygens (including phenoxy) is 1. The van der Waals surface area contributed by atoms with Crippen LogP contribution < -0.4 is 0 Å². The summed E-state index contributed by atoms with van der Waals surface area (Å²) >= 11 is 3.48. The van der Waals surface area contributed by atoms with Gasteiger partial charge in [-0.25, -0.2) is 4.79 Å². The second kappa shape index (κ2) is 7.37. The first kappa shape index (κ1) is 18.1. The number of ketones is 1. The van der Waals surface area contributed by atoms with E-state index in [2.05, 4.69) is 33.0 Å². The Morgan fingerprint density at radius 1 is 1.26 bits per heavy atom. The molecule has 0 N–H and O–H groups in total. The maximum atomic E-state index is 13.2. The van der Waals surface area contributed by atoms with Crippen molar-refractivity contribution in [2.75, 3.05) is 20.2 Å². The molecule has 0 aliphatic carbocycles. The molecule has 0 saturated carbocycles. The molecular formula is C21H19BrN2O3. The van der Waals surface area contributed by atoms with E-state index in [1.165, 1.54) is 12.7 Å². The Morgan fingerprint density at radius 3 is 2.78 bits per heavy atom. The molecule has 1 unspecified atom stereocenters. The van der Waals surface area contributed by atoms with Gasteiger partial charge >= 0.3 is 5.97 Å². The van der Waals surface area contributed by atoms with Crippen LogP contribution in [0.2, 0.25) is 0 Å². The lowest BCUT2D eigenvalue weighted by Gasteiger charge is -2.35. The van der Waals surface area contributed by atoms with Gasteiger partial charge in [-0.2, -0.15) is 0 Å². The van der Waals surface area contributed by atoms with Crippen molar-refractivity contribution >= 4 is 39.1 Å². The van der Waals surface area contributed by atoms with Gasteiger partial charge in [0.25, 0.3) is 0 Å². The summed E-state index contributed by atoms with van der Waals surface area (Å²) in [6.07, 6.45) is 0.705. The molecule has 1 saturated heterocycles. The van der Waals surface area contributed by atoms with E-state index in [-0.39, 0.29) is 17.3 Å². The number of carbonyl (C=O) groups is 2. The van der Waals surface area contributed by atoms with Gasteiger partial charge in [0.2, 0.25) is 0 Å². The summed E-state index contributed by atoms with van der Waals surface area (Å²) < 4.78 is 5.56. The Bertz CT molecular complexity index is 940. The predicted octanol–water partition coefficient (Wildman–Crippen LogP) is 4.03. The molecule has 5 nitrogen and oxygen atoms in total. The van der Waals surface area contributed by atoms with E-state index in [9.17, 15) is 9.59 Å². The molecular weight excluding hydrogens is 408 g/mol. The summed E-state index contributed by atoms with van der Waals surface area (Å²) in [4.78, 5) is 32.4. The molecule has 0 spiro atoms. The number of hydrogen-bond acceptors (Lipinski definition) is 5. The molecule has 1 fully saturated rings.